The van der Waals surface area contributed by atoms with Crippen LogP contribution in [0.1, 0.15) is 19.3 Å². The topological polar surface area (TPSA) is 41.3 Å². The van der Waals surface area contributed by atoms with Crippen molar-refractivity contribution in [2.45, 2.75) is 25.8 Å². The van der Waals surface area contributed by atoms with Crippen molar-refractivity contribution in [3.8, 4) is 16.3 Å². The van der Waals surface area contributed by atoms with E-state index < -0.39 is 0 Å². The number of rotatable bonds is 4. The Morgan fingerprint density at radius 3 is 2.70 bits per heavy atom. The van der Waals surface area contributed by atoms with E-state index in [1.165, 1.54) is 43.7 Å². The van der Waals surface area contributed by atoms with Gasteiger partial charge in [-0.05, 0) is 38.1 Å². The van der Waals surface area contributed by atoms with Crippen LogP contribution in [0.3, 0.4) is 0 Å². The van der Waals surface area contributed by atoms with Crippen molar-refractivity contribution in [3.63, 3.8) is 0 Å². The van der Waals surface area contributed by atoms with Crippen LogP contribution in [0.4, 0.5) is 0 Å². The average Bonchev–Trinajstić information content (AvgIpc) is 3.04. The summed E-state index contributed by atoms with van der Waals surface area (Å²) in [6.07, 6.45) is 5.84. The molecule has 6 heteroatoms. The molecule has 0 radical (unpaired) electrons. The van der Waals surface area contributed by atoms with Crippen molar-refractivity contribution in [2.75, 3.05) is 19.6 Å². The van der Waals surface area contributed by atoms with Crippen molar-refractivity contribution in [1.82, 2.24) is 14.7 Å². The van der Waals surface area contributed by atoms with Crippen LogP contribution in [-0.2, 0) is 6.54 Å². The van der Waals surface area contributed by atoms with Gasteiger partial charge >= 0.3 is 0 Å². The third-order valence-corrected chi connectivity index (χ3v) is 4.94. The molecule has 0 spiro atoms. The zero-order valence-corrected chi connectivity index (χ0v) is 12.8. The van der Waals surface area contributed by atoms with Gasteiger partial charge in [0.25, 0.3) is 0 Å². The van der Waals surface area contributed by atoms with Crippen molar-refractivity contribution in [2.24, 2.45) is 0 Å². The molecule has 2 aromatic heterocycles. The molecule has 108 valence electrons. The van der Waals surface area contributed by atoms with Gasteiger partial charge in [0.15, 0.2) is 0 Å². The molecule has 4 nitrogen and oxygen atoms in total. The molecule has 1 fully saturated rings. The summed E-state index contributed by atoms with van der Waals surface area (Å²) in [4.78, 5) is 3.42. The Morgan fingerprint density at radius 2 is 2.00 bits per heavy atom. The van der Waals surface area contributed by atoms with E-state index in [2.05, 4.69) is 10.00 Å². The van der Waals surface area contributed by atoms with Crippen molar-refractivity contribution < 1.29 is 5.11 Å². The molecule has 3 rings (SSSR count). The Hall–Kier alpha value is -1.04. The standard InChI is InChI=1S/C14H18ClN3OS/c15-13-5-4-12(20-13)11-10-18(16-14(11)19)9-8-17-6-2-1-3-7-17/h4-5,10H,1-3,6-9H2,(H,16,19). The molecule has 0 atom stereocenters. The first-order chi connectivity index (χ1) is 9.72. The number of piperidine rings is 1. The number of hydrogen-bond acceptors (Lipinski definition) is 4. The molecule has 1 aliphatic rings. The van der Waals surface area contributed by atoms with Gasteiger partial charge < -0.3 is 10.0 Å². The van der Waals surface area contributed by atoms with Gasteiger partial charge in [0.05, 0.1) is 16.4 Å². The highest BCUT2D eigenvalue weighted by Gasteiger charge is 2.14. The van der Waals surface area contributed by atoms with Crippen LogP contribution >= 0.6 is 22.9 Å². The minimum atomic E-state index is 0.0853. The van der Waals surface area contributed by atoms with Crippen molar-refractivity contribution in [1.29, 1.82) is 0 Å². The highest BCUT2D eigenvalue weighted by atomic mass is 35.5. The van der Waals surface area contributed by atoms with Crippen LogP contribution in [0, 0.1) is 0 Å². The molecule has 0 bridgehead atoms. The fraction of sp³-hybridized carbons (Fsp3) is 0.500. The lowest BCUT2D eigenvalue weighted by Crippen LogP contribution is -2.32. The Balaban J connectivity index is 1.66. The lowest BCUT2D eigenvalue weighted by atomic mass is 10.1. The first kappa shape index (κ1) is 13.9. The van der Waals surface area contributed by atoms with Gasteiger partial charge in [0, 0.05) is 17.6 Å². The van der Waals surface area contributed by atoms with Gasteiger partial charge in [-0.2, -0.15) is 0 Å². The van der Waals surface area contributed by atoms with Crippen LogP contribution in [0.25, 0.3) is 10.4 Å². The van der Waals surface area contributed by atoms with Crippen LogP contribution in [-0.4, -0.2) is 39.4 Å². The second-order valence-corrected chi connectivity index (χ2v) is 6.85. The smallest absolute Gasteiger partial charge is 0.239 e. The van der Waals surface area contributed by atoms with E-state index in [0.717, 1.165) is 27.9 Å². The van der Waals surface area contributed by atoms with E-state index in [0.29, 0.717) is 0 Å². The maximum atomic E-state index is 9.95. The fourth-order valence-electron chi connectivity index (χ4n) is 2.59. The maximum absolute atomic E-state index is 9.95. The predicted octanol–water partition coefficient (Wildman–Crippen LogP) is 3.46. The van der Waals surface area contributed by atoms with Gasteiger partial charge in [-0.3, -0.25) is 4.68 Å². The van der Waals surface area contributed by atoms with Crippen LogP contribution in [0.2, 0.25) is 4.34 Å². The molecule has 1 saturated heterocycles. The molecule has 0 saturated carbocycles. The molecule has 2 aromatic rings. The lowest BCUT2D eigenvalue weighted by molar-refractivity contribution is 0.217. The second-order valence-electron chi connectivity index (χ2n) is 5.14. The molecule has 0 aromatic carbocycles. The number of nitrogens with zero attached hydrogens (tertiary/aromatic N) is 3. The molecule has 3 heterocycles. The summed E-state index contributed by atoms with van der Waals surface area (Å²) in [7, 11) is 0. The minimum Gasteiger partial charge on any atom is -0.492 e. The summed E-state index contributed by atoms with van der Waals surface area (Å²) in [5, 5.41) is 14.1. The van der Waals surface area contributed by atoms with E-state index in [1.54, 1.807) is 0 Å². The first-order valence-electron chi connectivity index (χ1n) is 6.97. The number of thiophene rings is 1. The lowest BCUT2D eigenvalue weighted by Gasteiger charge is -2.26. The van der Waals surface area contributed by atoms with Crippen molar-refractivity contribution >= 4 is 22.9 Å². The third kappa shape index (κ3) is 3.16. The summed E-state index contributed by atoms with van der Waals surface area (Å²) in [5.41, 5.74) is 0.764. The predicted molar refractivity (Wildman–Crippen MR) is 82.5 cm³/mol. The Morgan fingerprint density at radius 1 is 1.20 bits per heavy atom. The van der Waals surface area contributed by atoms with E-state index in [-0.39, 0.29) is 5.88 Å². The number of hydrogen-bond donors (Lipinski definition) is 1. The van der Waals surface area contributed by atoms with Gasteiger partial charge in [-0.15, -0.1) is 16.4 Å². The Bertz CT molecular complexity index is 575. The van der Waals surface area contributed by atoms with Crippen LogP contribution in [0.5, 0.6) is 5.88 Å². The second kappa shape index (κ2) is 6.16. The molecular formula is C14H18ClN3OS. The van der Waals surface area contributed by atoms with Gasteiger partial charge in [0.2, 0.25) is 5.88 Å². The molecule has 0 aliphatic carbocycles. The summed E-state index contributed by atoms with van der Waals surface area (Å²) in [6, 6.07) is 3.75. The van der Waals surface area contributed by atoms with Crippen molar-refractivity contribution in [3.05, 3.63) is 22.7 Å². The highest BCUT2D eigenvalue weighted by Crippen LogP contribution is 2.35. The summed E-state index contributed by atoms with van der Waals surface area (Å²) >= 11 is 7.39. The van der Waals surface area contributed by atoms with Gasteiger partial charge in [0.1, 0.15) is 0 Å². The number of likely N-dealkylation sites (tertiary alicyclic amines) is 1. The van der Waals surface area contributed by atoms with Gasteiger partial charge in [-0.25, -0.2) is 0 Å². The quantitative estimate of drug-likeness (QED) is 0.940. The molecular weight excluding hydrogens is 294 g/mol. The minimum absolute atomic E-state index is 0.0853. The first-order valence-corrected chi connectivity index (χ1v) is 8.16. The number of halogens is 1. The normalized spacial score (nSPS) is 16.6. The molecule has 1 aliphatic heterocycles. The number of aromatic hydroxyl groups is 1. The molecule has 20 heavy (non-hydrogen) atoms. The molecule has 1 N–H and O–H groups in total. The highest BCUT2D eigenvalue weighted by molar-refractivity contribution is 7.19. The zero-order valence-electron chi connectivity index (χ0n) is 11.3. The summed E-state index contributed by atoms with van der Waals surface area (Å²) in [6.45, 7) is 4.17. The third-order valence-electron chi connectivity index (χ3n) is 3.67. The number of aromatic nitrogens is 2. The Kier molecular flexibility index (Phi) is 4.29. The average molecular weight is 312 g/mol. The van der Waals surface area contributed by atoms with Gasteiger partial charge in [-0.1, -0.05) is 18.0 Å². The van der Waals surface area contributed by atoms with Crippen LogP contribution in [0.15, 0.2) is 18.3 Å². The molecule has 0 amide bonds. The fourth-order valence-corrected chi connectivity index (χ4v) is 3.63. The SMILES string of the molecule is Oc1nn(CCN2CCCCC2)cc1-c1ccc(Cl)s1. The van der Waals surface area contributed by atoms with E-state index >= 15 is 0 Å². The van der Waals surface area contributed by atoms with E-state index in [4.69, 9.17) is 11.6 Å². The van der Waals surface area contributed by atoms with E-state index in [1.807, 2.05) is 23.0 Å². The monoisotopic (exact) mass is 311 g/mol. The largest absolute Gasteiger partial charge is 0.492 e. The van der Waals surface area contributed by atoms with E-state index in [9.17, 15) is 5.11 Å². The molecule has 0 unspecified atom stereocenters. The summed E-state index contributed by atoms with van der Waals surface area (Å²) in [5.74, 6) is 0.0853. The maximum Gasteiger partial charge on any atom is 0.239 e. The van der Waals surface area contributed by atoms with Crippen LogP contribution < -0.4 is 0 Å². The zero-order chi connectivity index (χ0) is 13.9. The Labute approximate surface area is 127 Å². The summed E-state index contributed by atoms with van der Waals surface area (Å²) < 4.78 is 2.55.